The Morgan fingerprint density at radius 2 is 1.81 bits per heavy atom. The second-order valence-corrected chi connectivity index (χ2v) is 3.84. The highest BCUT2D eigenvalue weighted by atomic mass is 16.3. The molecule has 2 aromatic rings. The molecule has 16 heavy (non-hydrogen) atoms. The molecule has 0 unspecified atom stereocenters. The fraction of sp³-hybridized carbons (Fsp3) is 0.143. The molecule has 0 fully saturated rings. The van der Waals surface area contributed by atoms with Gasteiger partial charge in [0.1, 0.15) is 5.75 Å². The largest absolute Gasteiger partial charge is 0.508 e. The van der Waals surface area contributed by atoms with Crippen LogP contribution in [0.4, 0.5) is 5.69 Å². The zero-order valence-electron chi connectivity index (χ0n) is 9.27. The summed E-state index contributed by atoms with van der Waals surface area (Å²) in [7, 11) is 0. The SMILES string of the molecule is Cc1cc(NCc2ccccc2)ccc1O. The second-order valence-electron chi connectivity index (χ2n) is 3.84. The van der Waals surface area contributed by atoms with Gasteiger partial charge in [0.15, 0.2) is 0 Å². The second kappa shape index (κ2) is 4.71. The quantitative estimate of drug-likeness (QED) is 0.767. The van der Waals surface area contributed by atoms with Gasteiger partial charge in [-0.3, -0.25) is 0 Å². The number of hydrogen-bond acceptors (Lipinski definition) is 2. The van der Waals surface area contributed by atoms with Crippen LogP contribution in [0.5, 0.6) is 5.75 Å². The standard InChI is InChI=1S/C14H15NO/c1-11-9-13(7-8-14(11)16)15-10-12-5-3-2-4-6-12/h2-9,15-16H,10H2,1H3. The number of phenols is 1. The Morgan fingerprint density at radius 1 is 1.06 bits per heavy atom. The van der Waals surface area contributed by atoms with E-state index in [1.807, 2.05) is 37.3 Å². The monoisotopic (exact) mass is 213 g/mol. The van der Waals surface area contributed by atoms with Crippen LogP contribution in [0.1, 0.15) is 11.1 Å². The van der Waals surface area contributed by atoms with Gasteiger partial charge < -0.3 is 10.4 Å². The third-order valence-electron chi connectivity index (χ3n) is 2.54. The molecule has 0 amide bonds. The van der Waals surface area contributed by atoms with Crippen molar-refractivity contribution in [3.8, 4) is 5.75 Å². The van der Waals surface area contributed by atoms with Crippen LogP contribution >= 0.6 is 0 Å². The molecule has 2 rings (SSSR count). The van der Waals surface area contributed by atoms with Crippen molar-refractivity contribution in [3.05, 3.63) is 59.7 Å². The van der Waals surface area contributed by atoms with Gasteiger partial charge in [0, 0.05) is 12.2 Å². The number of rotatable bonds is 3. The van der Waals surface area contributed by atoms with Crippen molar-refractivity contribution in [2.45, 2.75) is 13.5 Å². The van der Waals surface area contributed by atoms with Gasteiger partial charge in [-0.15, -0.1) is 0 Å². The summed E-state index contributed by atoms with van der Waals surface area (Å²) in [6.07, 6.45) is 0. The van der Waals surface area contributed by atoms with Gasteiger partial charge in [-0.2, -0.15) is 0 Å². The molecule has 0 bridgehead atoms. The number of nitrogens with one attached hydrogen (secondary N) is 1. The first-order valence-electron chi connectivity index (χ1n) is 5.33. The zero-order chi connectivity index (χ0) is 11.4. The molecule has 2 nitrogen and oxygen atoms in total. The first kappa shape index (κ1) is 10.6. The van der Waals surface area contributed by atoms with Crippen molar-refractivity contribution in [2.24, 2.45) is 0 Å². The third kappa shape index (κ3) is 2.54. The van der Waals surface area contributed by atoms with Gasteiger partial charge >= 0.3 is 0 Å². The van der Waals surface area contributed by atoms with Crippen LogP contribution < -0.4 is 5.32 Å². The minimum absolute atomic E-state index is 0.338. The maximum atomic E-state index is 9.40. The van der Waals surface area contributed by atoms with Crippen molar-refractivity contribution >= 4 is 5.69 Å². The molecule has 0 radical (unpaired) electrons. The minimum atomic E-state index is 0.338. The van der Waals surface area contributed by atoms with Crippen molar-refractivity contribution in [1.82, 2.24) is 0 Å². The summed E-state index contributed by atoms with van der Waals surface area (Å²) in [5.74, 6) is 0.338. The number of anilines is 1. The molecule has 0 spiro atoms. The van der Waals surface area contributed by atoms with Crippen molar-refractivity contribution in [3.63, 3.8) is 0 Å². The van der Waals surface area contributed by atoms with Crippen LogP contribution in [0.2, 0.25) is 0 Å². The lowest BCUT2D eigenvalue weighted by Gasteiger charge is -2.08. The maximum absolute atomic E-state index is 9.40. The first-order chi connectivity index (χ1) is 7.75. The molecule has 0 heterocycles. The van der Waals surface area contributed by atoms with Crippen LogP contribution in [0.15, 0.2) is 48.5 Å². The number of aryl methyl sites for hydroxylation is 1. The summed E-state index contributed by atoms with van der Waals surface area (Å²) in [6.45, 7) is 2.69. The van der Waals surface area contributed by atoms with Crippen LogP contribution in [0.3, 0.4) is 0 Å². The summed E-state index contributed by atoms with van der Waals surface area (Å²) < 4.78 is 0. The van der Waals surface area contributed by atoms with E-state index in [1.165, 1.54) is 5.56 Å². The van der Waals surface area contributed by atoms with Crippen LogP contribution in [-0.4, -0.2) is 5.11 Å². The average molecular weight is 213 g/mol. The Labute approximate surface area is 95.6 Å². The fourth-order valence-corrected chi connectivity index (χ4v) is 1.57. The lowest BCUT2D eigenvalue weighted by Crippen LogP contribution is -1.98. The van der Waals surface area contributed by atoms with Gasteiger partial charge in [0.2, 0.25) is 0 Å². The molecule has 0 saturated carbocycles. The molecular formula is C14H15NO. The van der Waals surface area contributed by atoms with Gasteiger partial charge in [0.05, 0.1) is 0 Å². The molecule has 2 N–H and O–H groups in total. The Hall–Kier alpha value is -1.96. The summed E-state index contributed by atoms with van der Waals surface area (Å²) >= 11 is 0. The predicted molar refractivity (Wildman–Crippen MR) is 66.6 cm³/mol. The highest BCUT2D eigenvalue weighted by Crippen LogP contribution is 2.20. The summed E-state index contributed by atoms with van der Waals surface area (Å²) in [5, 5.41) is 12.7. The topological polar surface area (TPSA) is 32.3 Å². The molecule has 2 heteroatoms. The highest BCUT2D eigenvalue weighted by Gasteiger charge is 1.97. The smallest absolute Gasteiger partial charge is 0.118 e. The van der Waals surface area contributed by atoms with Gasteiger partial charge in [0.25, 0.3) is 0 Å². The summed E-state index contributed by atoms with van der Waals surface area (Å²) in [5.41, 5.74) is 3.16. The fourth-order valence-electron chi connectivity index (χ4n) is 1.57. The molecule has 0 saturated heterocycles. The first-order valence-corrected chi connectivity index (χ1v) is 5.33. The van der Waals surface area contributed by atoms with Crippen molar-refractivity contribution < 1.29 is 5.11 Å². The normalized spacial score (nSPS) is 10.1. The molecule has 82 valence electrons. The van der Waals surface area contributed by atoms with Gasteiger partial charge in [-0.25, -0.2) is 0 Å². The number of hydrogen-bond donors (Lipinski definition) is 2. The zero-order valence-corrected chi connectivity index (χ0v) is 9.27. The van der Waals surface area contributed by atoms with Gasteiger partial charge in [-0.05, 0) is 36.2 Å². The summed E-state index contributed by atoms with van der Waals surface area (Å²) in [4.78, 5) is 0. The molecule has 0 aliphatic rings. The number of benzene rings is 2. The molecule has 0 aromatic heterocycles. The Balaban J connectivity index is 2.03. The predicted octanol–water partition coefficient (Wildman–Crippen LogP) is 3.31. The molecule has 0 aliphatic carbocycles. The summed E-state index contributed by atoms with van der Waals surface area (Å²) in [6, 6.07) is 15.8. The molecule has 0 atom stereocenters. The average Bonchev–Trinajstić information content (AvgIpc) is 2.32. The maximum Gasteiger partial charge on any atom is 0.118 e. The van der Waals surface area contributed by atoms with E-state index >= 15 is 0 Å². The lowest BCUT2D eigenvalue weighted by molar-refractivity contribution is 0.471. The van der Waals surface area contributed by atoms with E-state index in [4.69, 9.17) is 0 Å². The van der Waals surface area contributed by atoms with E-state index in [2.05, 4.69) is 17.4 Å². The lowest BCUT2D eigenvalue weighted by atomic mass is 10.2. The minimum Gasteiger partial charge on any atom is -0.508 e. The van der Waals surface area contributed by atoms with Crippen molar-refractivity contribution in [1.29, 1.82) is 0 Å². The van der Waals surface area contributed by atoms with Gasteiger partial charge in [-0.1, -0.05) is 30.3 Å². The number of phenolic OH excluding ortho intramolecular Hbond substituents is 1. The van der Waals surface area contributed by atoms with E-state index in [0.717, 1.165) is 17.8 Å². The molecular weight excluding hydrogens is 198 g/mol. The van der Waals surface area contributed by atoms with Crippen LogP contribution in [0.25, 0.3) is 0 Å². The molecule has 0 aliphatic heterocycles. The van der Waals surface area contributed by atoms with E-state index in [9.17, 15) is 5.11 Å². The van der Waals surface area contributed by atoms with E-state index in [1.54, 1.807) is 6.07 Å². The Morgan fingerprint density at radius 3 is 2.50 bits per heavy atom. The Bertz CT molecular complexity index is 465. The van der Waals surface area contributed by atoms with Crippen LogP contribution in [0, 0.1) is 6.92 Å². The number of aromatic hydroxyl groups is 1. The molecule has 2 aromatic carbocycles. The van der Waals surface area contributed by atoms with E-state index in [-0.39, 0.29) is 0 Å². The van der Waals surface area contributed by atoms with Crippen molar-refractivity contribution in [2.75, 3.05) is 5.32 Å². The van der Waals surface area contributed by atoms with E-state index < -0.39 is 0 Å². The Kier molecular flexibility index (Phi) is 3.10. The van der Waals surface area contributed by atoms with E-state index in [0.29, 0.717) is 5.75 Å². The van der Waals surface area contributed by atoms with Crippen LogP contribution in [-0.2, 0) is 6.54 Å². The highest BCUT2D eigenvalue weighted by molar-refractivity contribution is 5.50. The third-order valence-corrected chi connectivity index (χ3v) is 2.54.